The van der Waals surface area contributed by atoms with Crippen molar-refractivity contribution in [3.8, 4) is 0 Å². The summed E-state index contributed by atoms with van der Waals surface area (Å²) in [7, 11) is 0. The van der Waals surface area contributed by atoms with E-state index < -0.39 is 22.9 Å². The van der Waals surface area contributed by atoms with Gasteiger partial charge in [0.2, 0.25) is 17.7 Å². The van der Waals surface area contributed by atoms with E-state index in [4.69, 9.17) is 5.73 Å². The molecule has 0 aliphatic carbocycles. The molecule has 0 radical (unpaired) electrons. The minimum atomic E-state index is -1.14. The standard InChI is InChI=1S/C20H29FN4O3/c1-3-19(4-2,17(22)27)25-18(28)20(9-11-23-12-10-20)24-16(26)13-14-5-7-15(21)8-6-14/h5-8,23H,3-4,9-13H2,1-2H3,(H2,22,27)(H,24,26)(H,25,28). The van der Waals surface area contributed by atoms with Gasteiger partial charge in [0.25, 0.3) is 0 Å². The summed E-state index contributed by atoms with van der Waals surface area (Å²) in [4.78, 5) is 37.8. The molecule has 1 aliphatic heterocycles. The Labute approximate surface area is 164 Å². The highest BCUT2D eigenvalue weighted by Gasteiger charge is 2.45. The van der Waals surface area contributed by atoms with E-state index in [0.717, 1.165) is 0 Å². The molecule has 1 aliphatic rings. The molecule has 2 rings (SSSR count). The first-order chi connectivity index (χ1) is 13.3. The maximum absolute atomic E-state index is 13.2. The number of hydrogen-bond acceptors (Lipinski definition) is 4. The summed E-state index contributed by atoms with van der Waals surface area (Å²) in [6, 6.07) is 5.66. The second-order valence-electron chi connectivity index (χ2n) is 7.29. The molecule has 0 saturated carbocycles. The first-order valence-corrected chi connectivity index (χ1v) is 9.65. The number of primary amides is 1. The molecular formula is C20H29FN4O3. The fourth-order valence-electron chi connectivity index (χ4n) is 3.53. The predicted octanol–water partition coefficient (Wildman–Crippen LogP) is 0.767. The Kier molecular flexibility index (Phi) is 7.12. The second kappa shape index (κ2) is 9.14. The lowest BCUT2D eigenvalue weighted by Gasteiger charge is -2.40. The number of carbonyl (C=O) groups excluding carboxylic acids is 3. The zero-order chi connectivity index (χ0) is 20.8. The van der Waals surface area contributed by atoms with Crippen LogP contribution in [0.25, 0.3) is 0 Å². The number of piperidine rings is 1. The van der Waals surface area contributed by atoms with Crippen LogP contribution in [0.1, 0.15) is 45.1 Å². The van der Waals surface area contributed by atoms with Gasteiger partial charge < -0.3 is 21.7 Å². The molecule has 0 spiro atoms. The zero-order valence-electron chi connectivity index (χ0n) is 16.4. The Bertz CT molecular complexity index is 711. The Balaban J connectivity index is 2.18. The van der Waals surface area contributed by atoms with Crippen molar-refractivity contribution < 1.29 is 18.8 Å². The van der Waals surface area contributed by atoms with Crippen molar-refractivity contribution in [2.45, 2.75) is 57.0 Å². The van der Waals surface area contributed by atoms with Gasteiger partial charge in [-0.3, -0.25) is 14.4 Å². The van der Waals surface area contributed by atoms with Crippen LogP contribution in [0.3, 0.4) is 0 Å². The van der Waals surface area contributed by atoms with Gasteiger partial charge in [-0.25, -0.2) is 4.39 Å². The lowest BCUT2D eigenvalue weighted by Crippen LogP contribution is -2.68. The van der Waals surface area contributed by atoms with Gasteiger partial charge in [-0.15, -0.1) is 0 Å². The van der Waals surface area contributed by atoms with E-state index in [2.05, 4.69) is 16.0 Å². The van der Waals surface area contributed by atoms with Crippen LogP contribution >= 0.6 is 0 Å². The maximum atomic E-state index is 13.2. The van der Waals surface area contributed by atoms with Gasteiger partial charge in [0.1, 0.15) is 16.9 Å². The van der Waals surface area contributed by atoms with Crippen molar-refractivity contribution >= 4 is 17.7 Å². The Hall–Kier alpha value is -2.48. The summed E-state index contributed by atoms with van der Waals surface area (Å²) in [6.07, 6.45) is 1.56. The third-order valence-corrected chi connectivity index (χ3v) is 5.58. The third kappa shape index (κ3) is 4.86. The molecule has 7 nitrogen and oxygen atoms in total. The number of benzene rings is 1. The van der Waals surface area contributed by atoms with E-state index in [1.54, 1.807) is 13.8 Å². The Morgan fingerprint density at radius 1 is 1.14 bits per heavy atom. The molecule has 28 heavy (non-hydrogen) atoms. The number of amides is 3. The van der Waals surface area contributed by atoms with Crippen LogP contribution in [-0.4, -0.2) is 41.9 Å². The van der Waals surface area contributed by atoms with Crippen LogP contribution in [0.15, 0.2) is 24.3 Å². The molecular weight excluding hydrogens is 363 g/mol. The summed E-state index contributed by atoms with van der Waals surface area (Å²) >= 11 is 0. The van der Waals surface area contributed by atoms with E-state index in [1.165, 1.54) is 24.3 Å². The normalized spacial score (nSPS) is 16.2. The number of nitrogens with two attached hydrogens (primary N) is 1. The van der Waals surface area contributed by atoms with Crippen LogP contribution in [0.2, 0.25) is 0 Å². The average molecular weight is 392 g/mol. The molecule has 5 N–H and O–H groups in total. The zero-order valence-corrected chi connectivity index (χ0v) is 16.4. The lowest BCUT2D eigenvalue weighted by molar-refractivity contribution is -0.139. The van der Waals surface area contributed by atoms with Crippen molar-refractivity contribution in [3.05, 3.63) is 35.6 Å². The molecule has 0 atom stereocenters. The molecule has 0 unspecified atom stereocenters. The summed E-state index contributed by atoms with van der Waals surface area (Å²) in [6.45, 7) is 4.70. The summed E-state index contributed by atoms with van der Waals surface area (Å²) in [5.74, 6) is -1.70. The van der Waals surface area contributed by atoms with Crippen LogP contribution in [0.4, 0.5) is 4.39 Å². The van der Waals surface area contributed by atoms with Gasteiger partial charge in [-0.2, -0.15) is 0 Å². The lowest BCUT2D eigenvalue weighted by atomic mass is 9.84. The van der Waals surface area contributed by atoms with E-state index >= 15 is 0 Å². The van der Waals surface area contributed by atoms with Crippen LogP contribution in [0, 0.1) is 5.82 Å². The number of hydrogen-bond donors (Lipinski definition) is 4. The highest BCUT2D eigenvalue weighted by Crippen LogP contribution is 2.23. The number of halogens is 1. The molecule has 0 bridgehead atoms. The molecule has 1 aromatic carbocycles. The van der Waals surface area contributed by atoms with Gasteiger partial charge in [0, 0.05) is 0 Å². The first kappa shape index (κ1) is 21.8. The SMILES string of the molecule is CCC(CC)(NC(=O)C1(NC(=O)Cc2ccc(F)cc2)CCNCC1)C(N)=O. The van der Waals surface area contributed by atoms with Crippen molar-refractivity contribution in [2.75, 3.05) is 13.1 Å². The van der Waals surface area contributed by atoms with Crippen molar-refractivity contribution in [3.63, 3.8) is 0 Å². The highest BCUT2D eigenvalue weighted by molar-refractivity contribution is 5.96. The maximum Gasteiger partial charge on any atom is 0.246 e. The van der Waals surface area contributed by atoms with E-state index in [0.29, 0.717) is 44.3 Å². The second-order valence-corrected chi connectivity index (χ2v) is 7.29. The van der Waals surface area contributed by atoms with Gasteiger partial charge in [0.05, 0.1) is 6.42 Å². The summed E-state index contributed by atoms with van der Waals surface area (Å²) in [5, 5.41) is 8.85. The topological polar surface area (TPSA) is 113 Å². The van der Waals surface area contributed by atoms with Gasteiger partial charge >= 0.3 is 0 Å². The predicted molar refractivity (Wildman–Crippen MR) is 104 cm³/mol. The summed E-state index contributed by atoms with van der Waals surface area (Å²) in [5.41, 5.74) is 3.94. The van der Waals surface area contributed by atoms with Gasteiger partial charge in [-0.1, -0.05) is 26.0 Å². The van der Waals surface area contributed by atoms with Crippen molar-refractivity contribution in [2.24, 2.45) is 5.73 Å². The first-order valence-electron chi connectivity index (χ1n) is 9.65. The van der Waals surface area contributed by atoms with Crippen molar-refractivity contribution in [1.82, 2.24) is 16.0 Å². The average Bonchev–Trinajstić information content (AvgIpc) is 2.68. The smallest absolute Gasteiger partial charge is 0.246 e. The minimum Gasteiger partial charge on any atom is -0.368 e. The molecule has 0 aromatic heterocycles. The number of nitrogens with one attached hydrogen (secondary N) is 3. The van der Waals surface area contributed by atoms with E-state index in [-0.39, 0.29) is 18.1 Å². The molecule has 1 aromatic rings. The van der Waals surface area contributed by atoms with Crippen molar-refractivity contribution in [1.29, 1.82) is 0 Å². The Morgan fingerprint density at radius 3 is 2.21 bits per heavy atom. The van der Waals surface area contributed by atoms with Crippen LogP contribution in [-0.2, 0) is 20.8 Å². The quantitative estimate of drug-likeness (QED) is 0.523. The van der Waals surface area contributed by atoms with Crippen LogP contribution < -0.4 is 21.7 Å². The third-order valence-electron chi connectivity index (χ3n) is 5.58. The monoisotopic (exact) mass is 392 g/mol. The van der Waals surface area contributed by atoms with Gasteiger partial charge in [0.15, 0.2) is 0 Å². The van der Waals surface area contributed by atoms with Gasteiger partial charge in [-0.05, 0) is 56.5 Å². The Morgan fingerprint density at radius 2 is 1.71 bits per heavy atom. The number of carbonyl (C=O) groups is 3. The molecule has 1 heterocycles. The molecule has 8 heteroatoms. The molecule has 154 valence electrons. The molecule has 3 amide bonds. The molecule has 1 saturated heterocycles. The summed E-state index contributed by atoms with van der Waals surface area (Å²) < 4.78 is 13.1. The fourth-order valence-corrected chi connectivity index (χ4v) is 3.53. The fraction of sp³-hybridized carbons (Fsp3) is 0.550. The van der Waals surface area contributed by atoms with E-state index in [9.17, 15) is 18.8 Å². The minimum absolute atomic E-state index is 0.0330. The van der Waals surface area contributed by atoms with E-state index in [1.807, 2.05) is 0 Å². The largest absolute Gasteiger partial charge is 0.368 e. The number of rotatable bonds is 8. The van der Waals surface area contributed by atoms with Crippen LogP contribution in [0.5, 0.6) is 0 Å². The molecule has 1 fully saturated rings. The highest BCUT2D eigenvalue weighted by atomic mass is 19.1.